The van der Waals surface area contributed by atoms with Crippen LogP contribution < -0.4 is 5.73 Å². The number of hydrogen-bond donors (Lipinski definition) is 1. The Balaban J connectivity index is 2.34. The minimum Gasteiger partial charge on any atom is -0.324 e. The molecule has 0 radical (unpaired) electrons. The number of rotatable bonds is 4. The fourth-order valence-corrected chi connectivity index (χ4v) is 2.20. The average Bonchev–Trinajstić information content (AvgIpc) is 2.01. The van der Waals surface area contributed by atoms with Gasteiger partial charge in [0.25, 0.3) is 0 Å². The third-order valence-corrected chi connectivity index (χ3v) is 3.25. The van der Waals surface area contributed by atoms with E-state index in [2.05, 4.69) is 32.6 Å². The molecule has 2 nitrogen and oxygen atoms in total. The van der Waals surface area contributed by atoms with Crippen LogP contribution in [0.2, 0.25) is 0 Å². The van der Waals surface area contributed by atoms with Crippen molar-refractivity contribution in [3.63, 3.8) is 0 Å². The van der Waals surface area contributed by atoms with Gasteiger partial charge in [-0.1, -0.05) is 27.7 Å². The molecule has 0 amide bonds. The first-order valence-corrected chi connectivity index (χ1v) is 5.42. The van der Waals surface area contributed by atoms with E-state index in [1.165, 1.54) is 13.1 Å². The lowest BCUT2D eigenvalue weighted by atomic mass is 9.82. The zero-order valence-corrected chi connectivity index (χ0v) is 9.56. The quantitative estimate of drug-likeness (QED) is 0.722. The topological polar surface area (TPSA) is 29.3 Å². The molecule has 0 aromatic heterocycles. The minimum absolute atomic E-state index is 0.0521. The molecule has 1 fully saturated rings. The largest absolute Gasteiger partial charge is 0.324 e. The van der Waals surface area contributed by atoms with Crippen LogP contribution in [0, 0.1) is 5.41 Å². The highest BCUT2D eigenvalue weighted by Crippen LogP contribution is 2.30. The Morgan fingerprint density at radius 3 is 2.00 bits per heavy atom. The highest BCUT2D eigenvalue weighted by molar-refractivity contribution is 4.93. The maximum atomic E-state index is 6.25. The predicted molar refractivity (Wildman–Crippen MR) is 57.7 cm³/mol. The predicted octanol–water partition coefficient (Wildman–Crippen LogP) is 1.85. The van der Waals surface area contributed by atoms with Crippen molar-refractivity contribution in [1.82, 2.24) is 4.90 Å². The number of hydrogen-bond acceptors (Lipinski definition) is 2. The molecule has 0 aliphatic carbocycles. The molecule has 0 bridgehead atoms. The summed E-state index contributed by atoms with van der Waals surface area (Å²) in [7, 11) is 0. The number of nitrogens with two attached hydrogens (primary N) is 1. The van der Waals surface area contributed by atoms with E-state index >= 15 is 0 Å². The van der Waals surface area contributed by atoms with Crippen LogP contribution in [-0.2, 0) is 0 Å². The van der Waals surface area contributed by atoms with Crippen molar-refractivity contribution in [3.05, 3.63) is 0 Å². The fourth-order valence-electron chi connectivity index (χ4n) is 2.20. The molecule has 2 N–H and O–H groups in total. The van der Waals surface area contributed by atoms with E-state index in [1.807, 2.05) is 0 Å². The molecule has 0 unspecified atom stereocenters. The molecule has 1 aliphatic heterocycles. The smallest absolute Gasteiger partial charge is 0.0278 e. The SMILES string of the molecule is CCC(N)(CC)CN1CC(C)(C)C1. The standard InChI is InChI=1S/C11H24N2/c1-5-11(12,6-2)9-13-7-10(3,4)8-13/h5-9,12H2,1-4H3. The van der Waals surface area contributed by atoms with E-state index in [9.17, 15) is 0 Å². The van der Waals surface area contributed by atoms with Gasteiger partial charge in [0.05, 0.1) is 0 Å². The Labute approximate surface area is 82.5 Å². The summed E-state index contributed by atoms with van der Waals surface area (Å²) in [6.07, 6.45) is 2.17. The van der Waals surface area contributed by atoms with Gasteiger partial charge in [-0.2, -0.15) is 0 Å². The van der Waals surface area contributed by atoms with Crippen molar-refractivity contribution in [3.8, 4) is 0 Å². The van der Waals surface area contributed by atoms with Gasteiger partial charge in [0.15, 0.2) is 0 Å². The molecule has 1 saturated heterocycles. The van der Waals surface area contributed by atoms with Crippen molar-refractivity contribution >= 4 is 0 Å². The average molecular weight is 184 g/mol. The minimum atomic E-state index is 0.0521. The Bertz CT molecular complexity index is 163. The van der Waals surface area contributed by atoms with Crippen LogP contribution in [0.4, 0.5) is 0 Å². The van der Waals surface area contributed by atoms with Crippen molar-refractivity contribution in [2.24, 2.45) is 11.1 Å². The van der Waals surface area contributed by atoms with E-state index in [0.717, 1.165) is 19.4 Å². The zero-order chi connectivity index (χ0) is 10.1. The van der Waals surface area contributed by atoms with E-state index in [0.29, 0.717) is 5.41 Å². The van der Waals surface area contributed by atoms with Crippen molar-refractivity contribution in [1.29, 1.82) is 0 Å². The monoisotopic (exact) mass is 184 g/mol. The van der Waals surface area contributed by atoms with Gasteiger partial charge >= 0.3 is 0 Å². The summed E-state index contributed by atoms with van der Waals surface area (Å²) in [6, 6.07) is 0. The molecule has 0 aromatic carbocycles. The summed E-state index contributed by atoms with van der Waals surface area (Å²) in [5.41, 5.74) is 6.84. The lowest BCUT2D eigenvalue weighted by Gasteiger charge is -2.49. The van der Waals surface area contributed by atoms with Gasteiger partial charge in [0.2, 0.25) is 0 Å². The van der Waals surface area contributed by atoms with Crippen LogP contribution in [0.25, 0.3) is 0 Å². The van der Waals surface area contributed by atoms with E-state index in [1.54, 1.807) is 0 Å². The van der Waals surface area contributed by atoms with Crippen LogP contribution in [-0.4, -0.2) is 30.1 Å². The summed E-state index contributed by atoms with van der Waals surface area (Å²) < 4.78 is 0. The molecule has 0 spiro atoms. The molecule has 0 atom stereocenters. The molecular weight excluding hydrogens is 160 g/mol. The number of nitrogens with zero attached hydrogens (tertiary/aromatic N) is 1. The van der Waals surface area contributed by atoms with Gasteiger partial charge in [0.1, 0.15) is 0 Å². The first kappa shape index (κ1) is 11.0. The van der Waals surface area contributed by atoms with Gasteiger partial charge in [-0.25, -0.2) is 0 Å². The third-order valence-electron chi connectivity index (χ3n) is 3.25. The van der Waals surface area contributed by atoms with Gasteiger partial charge in [-0.15, -0.1) is 0 Å². The summed E-state index contributed by atoms with van der Waals surface area (Å²) in [4.78, 5) is 2.48. The second kappa shape index (κ2) is 3.58. The summed E-state index contributed by atoms with van der Waals surface area (Å²) >= 11 is 0. The van der Waals surface area contributed by atoms with Crippen LogP contribution >= 0.6 is 0 Å². The fraction of sp³-hybridized carbons (Fsp3) is 1.00. The lowest BCUT2D eigenvalue weighted by Crippen LogP contribution is -2.60. The zero-order valence-electron chi connectivity index (χ0n) is 9.56. The molecule has 1 aliphatic rings. The Morgan fingerprint density at radius 1 is 1.23 bits per heavy atom. The molecule has 78 valence electrons. The van der Waals surface area contributed by atoms with Crippen molar-refractivity contribution < 1.29 is 0 Å². The van der Waals surface area contributed by atoms with E-state index in [-0.39, 0.29) is 5.54 Å². The van der Waals surface area contributed by atoms with Crippen LogP contribution in [0.15, 0.2) is 0 Å². The number of likely N-dealkylation sites (tertiary alicyclic amines) is 1. The maximum absolute atomic E-state index is 6.25. The Kier molecular flexibility index (Phi) is 3.03. The summed E-state index contributed by atoms with van der Waals surface area (Å²) in [6.45, 7) is 12.5. The molecule has 1 heterocycles. The van der Waals surface area contributed by atoms with E-state index in [4.69, 9.17) is 5.73 Å². The highest BCUT2D eigenvalue weighted by Gasteiger charge is 2.37. The molecule has 2 heteroatoms. The Morgan fingerprint density at radius 2 is 1.69 bits per heavy atom. The van der Waals surface area contributed by atoms with Crippen molar-refractivity contribution in [2.75, 3.05) is 19.6 Å². The van der Waals surface area contributed by atoms with E-state index < -0.39 is 0 Å². The van der Waals surface area contributed by atoms with Gasteiger partial charge in [-0.05, 0) is 18.3 Å². The summed E-state index contributed by atoms with van der Waals surface area (Å²) in [5, 5.41) is 0. The highest BCUT2D eigenvalue weighted by atomic mass is 15.2. The third kappa shape index (κ3) is 2.68. The van der Waals surface area contributed by atoms with Crippen LogP contribution in [0.3, 0.4) is 0 Å². The van der Waals surface area contributed by atoms with Gasteiger partial charge in [0, 0.05) is 25.2 Å². The van der Waals surface area contributed by atoms with Crippen molar-refractivity contribution in [2.45, 2.75) is 46.1 Å². The molecule has 0 saturated carbocycles. The molecule has 1 rings (SSSR count). The molecule has 13 heavy (non-hydrogen) atoms. The lowest BCUT2D eigenvalue weighted by molar-refractivity contribution is 0.0115. The maximum Gasteiger partial charge on any atom is 0.0278 e. The summed E-state index contributed by atoms with van der Waals surface area (Å²) in [5.74, 6) is 0. The van der Waals surface area contributed by atoms with Gasteiger partial charge in [-0.3, -0.25) is 0 Å². The second-order valence-electron chi connectivity index (χ2n) is 5.38. The van der Waals surface area contributed by atoms with Gasteiger partial charge < -0.3 is 10.6 Å². The Hall–Kier alpha value is -0.0800. The first-order valence-electron chi connectivity index (χ1n) is 5.42. The molecular formula is C11H24N2. The van der Waals surface area contributed by atoms with Crippen LogP contribution in [0.5, 0.6) is 0 Å². The molecule has 0 aromatic rings. The second-order valence-corrected chi connectivity index (χ2v) is 5.38. The normalized spacial score (nSPS) is 22.8. The van der Waals surface area contributed by atoms with Crippen LogP contribution in [0.1, 0.15) is 40.5 Å². The first-order chi connectivity index (χ1) is 5.91.